The highest BCUT2D eigenvalue weighted by Gasteiger charge is 2.21. The molecule has 1 N–H and O–H groups in total. The van der Waals surface area contributed by atoms with Crippen LogP contribution in [-0.2, 0) is 14.3 Å². The number of hydrogen-bond donors (Lipinski definition) is 1. The molecule has 1 atom stereocenters. The normalized spacial score (nSPS) is 11.1. The average Bonchev–Trinajstić information content (AvgIpc) is 2.45. The Balaban J connectivity index is 2.31. The van der Waals surface area contributed by atoms with E-state index in [0.717, 1.165) is 4.47 Å². The van der Waals surface area contributed by atoms with Gasteiger partial charge in [0.2, 0.25) is 0 Å². The van der Waals surface area contributed by atoms with E-state index in [9.17, 15) is 9.59 Å². The number of carbonyl (C=O) groups is 2. The topological polar surface area (TPSA) is 100 Å². The first kappa shape index (κ1) is 17.9. The van der Waals surface area contributed by atoms with Crippen LogP contribution in [0.15, 0.2) is 28.7 Å². The molecule has 0 amide bonds. The molecule has 1 aromatic carbocycles. The van der Waals surface area contributed by atoms with Crippen molar-refractivity contribution < 1.29 is 19.1 Å². The first-order chi connectivity index (χ1) is 10.4. The Labute approximate surface area is 136 Å². The lowest BCUT2D eigenvalue weighted by Crippen LogP contribution is -2.25. The molecular formula is C15H15BrN2O4. The van der Waals surface area contributed by atoms with Crippen molar-refractivity contribution in [1.29, 1.82) is 10.7 Å². The summed E-state index contributed by atoms with van der Waals surface area (Å²) in [6.45, 7) is 0.971. The molecule has 7 heteroatoms. The van der Waals surface area contributed by atoms with Gasteiger partial charge in [0.05, 0.1) is 19.1 Å². The minimum atomic E-state index is -1.16. The largest absolute Gasteiger partial charge is 0.493 e. The Morgan fingerprint density at radius 3 is 2.77 bits per heavy atom. The molecule has 0 aromatic heterocycles. The van der Waals surface area contributed by atoms with Crippen molar-refractivity contribution >= 4 is 33.4 Å². The lowest BCUT2D eigenvalue weighted by molar-refractivity contribution is -0.148. The van der Waals surface area contributed by atoms with Crippen molar-refractivity contribution in [2.24, 2.45) is 5.92 Å². The second-order valence-corrected chi connectivity index (χ2v) is 5.34. The molecule has 0 aliphatic rings. The van der Waals surface area contributed by atoms with Crippen LogP contribution in [0.4, 0.5) is 0 Å². The van der Waals surface area contributed by atoms with E-state index in [0.29, 0.717) is 5.75 Å². The molecule has 1 aromatic rings. The van der Waals surface area contributed by atoms with Gasteiger partial charge in [-0.3, -0.25) is 9.59 Å². The maximum Gasteiger partial charge on any atom is 0.309 e. The summed E-state index contributed by atoms with van der Waals surface area (Å²) < 4.78 is 11.0. The molecule has 0 saturated heterocycles. The van der Waals surface area contributed by atoms with Crippen LogP contribution in [0, 0.1) is 22.7 Å². The number of nitrogens with one attached hydrogen (secondary N) is 1. The number of benzene rings is 1. The number of rotatable bonds is 8. The third-order valence-electron chi connectivity index (χ3n) is 2.63. The van der Waals surface area contributed by atoms with E-state index in [-0.39, 0.29) is 18.7 Å². The van der Waals surface area contributed by atoms with Crippen molar-refractivity contribution in [3.8, 4) is 11.8 Å². The Kier molecular flexibility index (Phi) is 7.26. The molecule has 0 heterocycles. The van der Waals surface area contributed by atoms with Crippen molar-refractivity contribution in [2.75, 3.05) is 13.2 Å². The van der Waals surface area contributed by atoms with E-state index in [1.807, 2.05) is 6.07 Å². The van der Waals surface area contributed by atoms with Gasteiger partial charge in [-0.2, -0.15) is 5.26 Å². The minimum Gasteiger partial charge on any atom is -0.493 e. The van der Waals surface area contributed by atoms with Crippen LogP contribution >= 0.6 is 15.9 Å². The number of carbonyl (C=O) groups excluding carboxylic acids is 2. The van der Waals surface area contributed by atoms with Gasteiger partial charge in [0, 0.05) is 10.2 Å². The summed E-state index contributed by atoms with van der Waals surface area (Å²) in [5.74, 6) is -1.74. The fourth-order valence-corrected chi connectivity index (χ4v) is 1.90. The summed E-state index contributed by atoms with van der Waals surface area (Å²) in [4.78, 5) is 23.1. The van der Waals surface area contributed by atoms with Gasteiger partial charge in [-0.05, 0) is 25.1 Å². The zero-order valence-corrected chi connectivity index (χ0v) is 13.6. The number of hydrogen-bond acceptors (Lipinski definition) is 6. The van der Waals surface area contributed by atoms with E-state index in [1.54, 1.807) is 24.3 Å². The summed E-state index contributed by atoms with van der Waals surface area (Å²) >= 11 is 3.30. The SMILES string of the molecule is CC(=N)C(C#N)C(=O)COC(=O)CCOc1cccc(Br)c1. The molecule has 0 bridgehead atoms. The molecule has 0 aliphatic heterocycles. The minimum absolute atomic E-state index is 0.0133. The molecule has 0 saturated carbocycles. The fraction of sp³-hybridized carbons (Fsp3) is 0.333. The van der Waals surface area contributed by atoms with Crippen LogP contribution in [0.3, 0.4) is 0 Å². The number of Topliss-reactive ketones (excluding diaryl/α,β-unsaturated/α-hetero) is 1. The monoisotopic (exact) mass is 366 g/mol. The van der Waals surface area contributed by atoms with Gasteiger partial charge in [-0.1, -0.05) is 22.0 Å². The number of nitrogens with zero attached hydrogens (tertiary/aromatic N) is 1. The summed E-state index contributed by atoms with van der Waals surface area (Å²) in [7, 11) is 0. The molecule has 0 fully saturated rings. The molecular weight excluding hydrogens is 352 g/mol. The van der Waals surface area contributed by atoms with E-state index in [2.05, 4.69) is 15.9 Å². The Hall–Kier alpha value is -2.20. The molecule has 22 heavy (non-hydrogen) atoms. The van der Waals surface area contributed by atoms with Crippen molar-refractivity contribution in [2.45, 2.75) is 13.3 Å². The molecule has 1 rings (SSSR count). The van der Waals surface area contributed by atoms with E-state index in [4.69, 9.17) is 20.1 Å². The molecule has 0 aliphatic carbocycles. The fourth-order valence-electron chi connectivity index (χ4n) is 1.53. The molecule has 116 valence electrons. The smallest absolute Gasteiger partial charge is 0.309 e. The lowest BCUT2D eigenvalue weighted by Gasteiger charge is -2.08. The lowest BCUT2D eigenvalue weighted by atomic mass is 10.0. The second kappa shape index (κ2) is 8.95. The molecule has 0 radical (unpaired) electrons. The van der Waals surface area contributed by atoms with Crippen LogP contribution in [0.5, 0.6) is 5.75 Å². The Morgan fingerprint density at radius 1 is 1.45 bits per heavy atom. The summed E-state index contributed by atoms with van der Waals surface area (Å²) in [6, 6.07) is 8.87. The Bertz CT molecular complexity index is 610. The predicted molar refractivity (Wildman–Crippen MR) is 82.7 cm³/mol. The highest BCUT2D eigenvalue weighted by atomic mass is 79.9. The molecule has 6 nitrogen and oxygen atoms in total. The van der Waals surface area contributed by atoms with Crippen LogP contribution < -0.4 is 4.74 Å². The van der Waals surface area contributed by atoms with Crippen molar-refractivity contribution in [1.82, 2.24) is 0 Å². The van der Waals surface area contributed by atoms with Gasteiger partial charge in [0.1, 0.15) is 11.7 Å². The number of halogens is 1. The van der Waals surface area contributed by atoms with Crippen molar-refractivity contribution in [3.05, 3.63) is 28.7 Å². The zero-order valence-electron chi connectivity index (χ0n) is 12.0. The second-order valence-electron chi connectivity index (χ2n) is 4.43. The summed E-state index contributed by atoms with van der Waals surface area (Å²) in [5.41, 5.74) is -0.0680. The van der Waals surface area contributed by atoms with E-state index < -0.39 is 24.3 Å². The molecule has 1 unspecified atom stereocenters. The van der Waals surface area contributed by atoms with Gasteiger partial charge in [0.15, 0.2) is 12.4 Å². The van der Waals surface area contributed by atoms with Crippen LogP contribution in [0.1, 0.15) is 13.3 Å². The summed E-state index contributed by atoms with van der Waals surface area (Å²) in [5, 5.41) is 16.0. The average molecular weight is 367 g/mol. The van der Waals surface area contributed by atoms with Gasteiger partial charge in [-0.25, -0.2) is 0 Å². The van der Waals surface area contributed by atoms with Crippen LogP contribution in [0.2, 0.25) is 0 Å². The third kappa shape index (κ3) is 6.06. The number of ketones is 1. The van der Waals surface area contributed by atoms with E-state index >= 15 is 0 Å². The van der Waals surface area contributed by atoms with Gasteiger partial charge in [0.25, 0.3) is 0 Å². The summed E-state index contributed by atoms with van der Waals surface area (Å²) in [6.07, 6.45) is -0.0133. The predicted octanol–water partition coefficient (Wildman–Crippen LogP) is 2.51. The highest BCUT2D eigenvalue weighted by Crippen LogP contribution is 2.17. The highest BCUT2D eigenvalue weighted by molar-refractivity contribution is 9.10. The third-order valence-corrected chi connectivity index (χ3v) is 3.12. The maximum absolute atomic E-state index is 11.6. The van der Waals surface area contributed by atoms with Crippen LogP contribution in [0.25, 0.3) is 0 Å². The first-order valence-corrected chi connectivity index (χ1v) is 7.24. The number of ether oxygens (including phenoxy) is 2. The molecule has 0 spiro atoms. The van der Waals surface area contributed by atoms with Gasteiger partial charge in [-0.15, -0.1) is 0 Å². The standard InChI is InChI=1S/C15H15BrN2O4/c1-10(18)13(8-17)14(19)9-22-15(20)5-6-21-12-4-2-3-11(16)7-12/h2-4,7,13,18H,5-6,9H2,1H3. The van der Waals surface area contributed by atoms with E-state index in [1.165, 1.54) is 6.92 Å². The van der Waals surface area contributed by atoms with Gasteiger partial charge >= 0.3 is 5.97 Å². The first-order valence-electron chi connectivity index (χ1n) is 6.45. The van der Waals surface area contributed by atoms with Crippen LogP contribution in [-0.4, -0.2) is 30.7 Å². The number of esters is 1. The maximum atomic E-state index is 11.6. The zero-order chi connectivity index (χ0) is 16.5. The van der Waals surface area contributed by atoms with Gasteiger partial charge < -0.3 is 14.9 Å². The quantitative estimate of drug-likeness (QED) is 0.562. The number of nitriles is 1. The Morgan fingerprint density at radius 2 is 2.18 bits per heavy atom. The van der Waals surface area contributed by atoms with Crippen molar-refractivity contribution in [3.63, 3.8) is 0 Å².